The van der Waals surface area contributed by atoms with Crippen molar-refractivity contribution in [2.24, 2.45) is 0 Å². The van der Waals surface area contributed by atoms with Gasteiger partial charge in [0.2, 0.25) is 5.89 Å². The summed E-state index contributed by atoms with van der Waals surface area (Å²) in [6, 6.07) is 6.77. The van der Waals surface area contributed by atoms with E-state index in [0.717, 1.165) is 18.4 Å². The number of halogens is 2. The molecule has 0 spiro atoms. The quantitative estimate of drug-likeness (QED) is 0.785. The molecule has 0 unspecified atom stereocenters. The molecule has 0 saturated heterocycles. The molecular weight excluding hydrogens is 308 g/mol. The van der Waals surface area contributed by atoms with Gasteiger partial charge in [0, 0.05) is 12.1 Å². The molecule has 23 heavy (non-hydrogen) atoms. The Labute approximate surface area is 131 Å². The van der Waals surface area contributed by atoms with Gasteiger partial charge in [-0.3, -0.25) is 0 Å². The maximum atomic E-state index is 12.4. The van der Waals surface area contributed by atoms with Gasteiger partial charge >= 0.3 is 12.5 Å². The highest BCUT2D eigenvalue weighted by Gasteiger charge is 2.16. The number of nitrogens with one attached hydrogen (secondary N) is 1. The number of nitrogens with zero attached hydrogens (tertiary/aromatic N) is 2. The van der Waals surface area contributed by atoms with E-state index in [1.807, 2.05) is 6.92 Å². The number of alkyl carbamates (subject to hydrolysis) is 1. The summed E-state index contributed by atoms with van der Waals surface area (Å²) in [5, 5.41) is 9.46. The van der Waals surface area contributed by atoms with Crippen LogP contribution in [0.4, 0.5) is 13.6 Å². The van der Waals surface area contributed by atoms with Crippen LogP contribution < -0.4 is 5.32 Å². The fraction of sp³-hybridized carbons (Fsp3) is 0.400. The van der Waals surface area contributed by atoms with E-state index in [2.05, 4.69) is 15.5 Å². The molecule has 1 N–H and O–H groups in total. The zero-order valence-electron chi connectivity index (χ0n) is 12.6. The van der Waals surface area contributed by atoms with Crippen LogP contribution in [0.25, 0.3) is 11.5 Å². The smallest absolute Gasteiger partial charge is 0.407 e. The van der Waals surface area contributed by atoms with E-state index in [9.17, 15) is 13.6 Å². The van der Waals surface area contributed by atoms with Gasteiger partial charge in [0.05, 0.1) is 6.61 Å². The standard InChI is InChI=1S/C15H17F2N3O3/c1-2-3-8-22-15(21)18-9-10-4-6-11(7-5-10)13-19-20-14(23-13)12(16)17/h4-7,12H,2-3,8-9H2,1H3,(H,18,21). The average Bonchev–Trinajstić information content (AvgIpc) is 3.04. The Morgan fingerprint density at radius 2 is 2.04 bits per heavy atom. The van der Waals surface area contributed by atoms with Gasteiger partial charge in [0.1, 0.15) is 0 Å². The molecule has 0 aliphatic rings. The van der Waals surface area contributed by atoms with Crippen molar-refractivity contribution in [1.29, 1.82) is 0 Å². The Morgan fingerprint density at radius 1 is 1.30 bits per heavy atom. The molecule has 2 aromatic rings. The van der Waals surface area contributed by atoms with Crippen molar-refractivity contribution in [1.82, 2.24) is 15.5 Å². The molecule has 8 heteroatoms. The molecule has 0 aliphatic carbocycles. The predicted molar refractivity (Wildman–Crippen MR) is 77.8 cm³/mol. The molecule has 1 aromatic carbocycles. The number of aromatic nitrogens is 2. The lowest BCUT2D eigenvalue weighted by molar-refractivity contribution is 0.116. The second-order valence-corrected chi connectivity index (χ2v) is 4.79. The van der Waals surface area contributed by atoms with Crippen molar-refractivity contribution in [2.75, 3.05) is 6.61 Å². The Hall–Kier alpha value is -2.51. The molecule has 2 rings (SSSR count). The molecular formula is C15H17F2N3O3. The lowest BCUT2D eigenvalue weighted by Crippen LogP contribution is -2.24. The summed E-state index contributed by atoms with van der Waals surface area (Å²) >= 11 is 0. The van der Waals surface area contributed by atoms with Crippen LogP contribution in [-0.2, 0) is 11.3 Å². The van der Waals surface area contributed by atoms with Crippen molar-refractivity contribution >= 4 is 6.09 Å². The third kappa shape index (κ3) is 5.01. The van der Waals surface area contributed by atoms with Crippen LogP contribution in [-0.4, -0.2) is 22.9 Å². The molecule has 0 fully saturated rings. The highest BCUT2D eigenvalue weighted by Crippen LogP contribution is 2.23. The van der Waals surface area contributed by atoms with Gasteiger partial charge in [-0.2, -0.15) is 8.78 Å². The van der Waals surface area contributed by atoms with E-state index in [-0.39, 0.29) is 5.89 Å². The van der Waals surface area contributed by atoms with E-state index in [1.165, 1.54) is 0 Å². The lowest BCUT2D eigenvalue weighted by atomic mass is 10.1. The fourth-order valence-electron chi connectivity index (χ4n) is 1.74. The topological polar surface area (TPSA) is 77.2 Å². The third-order valence-corrected chi connectivity index (χ3v) is 3.00. The highest BCUT2D eigenvalue weighted by atomic mass is 19.3. The van der Waals surface area contributed by atoms with Gasteiger partial charge in [-0.05, 0) is 24.1 Å². The van der Waals surface area contributed by atoms with Crippen molar-refractivity contribution in [3.63, 3.8) is 0 Å². The Bertz CT molecular complexity index is 629. The summed E-state index contributed by atoms with van der Waals surface area (Å²) in [6.45, 7) is 2.71. The molecule has 0 radical (unpaired) electrons. The summed E-state index contributed by atoms with van der Waals surface area (Å²) in [6.07, 6.45) is -1.48. The van der Waals surface area contributed by atoms with Gasteiger partial charge in [-0.1, -0.05) is 25.5 Å². The van der Waals surface area contributed by atoms with E-state index in [1.54, 1.807) is 24.3 Å². The van der Waals surface area contributed by atoms with E-state index in [0.29, 0.717) is 18.7 Å². The number of alkyl halides is 2. The summed E-state index contributed by atoms with van der Waals surface area (Å²) in [5.41, 5.74) is 1.36. The van der Waals surface area contributed by atoms with Crippen LogP contribution in [0.5, 0.6) is 0 Å². The number of unbranched alkanes of at least 4 members (excludes halogenated alkanes) is 1. The summed E-state index contributed by atoms with van der Waals surface area (Å²) in [4.78, 5) is 11.4. The summed E-state index contributed by atoms with van der Waals surface area (Å²) in [5.74, 6) is -0.681. The van der Waals surface area contributed by atoms with Crippen LogP contribution in [0.15, 0.2) is 28.7 Å². The normalized spacial score (nSPS) is 10.8. The SMILES string of the molecule is CCCCOC(=O)NCc1ccc(-c2nnc(C(F)F)o2)cc1. The number of ether oxygens (including phenoxy) is 1. The van der Waals surface area contributed by atoms with Gasteiger partial charge in [-0.15, -0.1) is 10.2 Å². The number of amides is 1. The zero-order valence-corrected chi connectivity index (χ0v) is 12.6. The first-order valence-corrected chi connectivity index (χ1v) is 7.21. The number of carbonyl (C=O) groups excluding carboxylic acids is 1. The minimum Gasteiger partial charge on any atom is -0.450 e. The third-order valence-electron chi connectivity index (χ3n) is 3.00. The average molecular weight is 325 g/mol. The van der Waals surface area contributed by atoms with Crippen LogP contribution in [0.3, 0.4) is 0 Å². The number of carbonyl (C=O) groups is 1. The highest BCUT2D eigenvalue weighted by molar-refractivity contribution is 5.67. The first-order valence-electron chi connectivity index (χ1n) is 7.21. The molecule has 6 nitrogen and oxygen atoms in total. The summed E-state index contributed by atoms with van der Waals surface area (Å²) in [7, 11) is 0. The number of rotatable bonds is 7. The zero-order chi connectivity index (χ0) is 16.7. The van der Waals surface area contributed by atoms with Gasteiger partial charge < -0.3 is 14.5 Å². The maximum absolute atomic E-state index is 12.4. The van der Waals surface area contributed by atoms with Crippen molar-refractivity contribution in [3.8, 4) is 11.5 Å². The molecule has 0 aliphatic heterocycles. The fourth-order valence-corrected chi connectivity index (χ4v) is 1.74. The van der Waals surface area contributed by atoms with E-state index in [4.69, 9.17) is 9.15 Å². The van der Waals surface area contributed by atoms with Crippen LogP contribution in [0.1, 0.15) is 37.6 Å². The molecule has 1 heterocycles. The van der Waals surface area contributed by atoms with E-state index < -0.39 is 18.4 Å². The van der Waals surface area contributed by atoms with Gasteiger partial charge in [-0.25, -0.2) is 4.79 Å². The molecule has 1 aromatic heterocycles. The molecule has 124 valence electrons. The second kappa shape index (κ2) is 8.21. The first-order chi connectivity index (χ1) is 11.1. The van der Waals surface area contributed by atoms with Crippen molar-refractivity contribution in [2.45, 2.75) is 32.7 Å². The molecule has 0 saturated carbocycles. The van der Waals surface area contributed by atoms with Crippen LogP contribution >= 0.6 is 0 Å². The second-order valence-electron chi connectivity index (χ2n) is 4.79. The minimum atomic E-state index is -2.79. The first kappa shape index (κ1) is 16.9. The Balaban J connectivity index is 1.87. The lowest BCUT2D eigenvalue weighted by Gasteiger charge is -2.06. The summed E-state index contributed by atoms with van der Waals surface area (Å²) < 4.78 is 34.6. The van der Waals surface area contributed by atoms with Crippen molar-refractivity contribution < 1.29 is 22.7 Å². The van der Waals surface area contributed by atoms with Gasteiger partial charge in [0.25, 0.3) is 5.89 Å². The minimum absolute atomic E-state index is 0.0267. The molecule has 0 atom stereocenters. The van der Waals surface area contributed by atoms with E-state index >= 15 is 0 Å². The Kier molecular flexibility index (Phi) is 6.02. The molecule has 0 bridgehead atoms. The maximum Gasteiger partial charge on any atom is 0.407 e. The molecule has 1 amide bonds. The number of hydrogen-bond acceptors (Lipinski definition) is 5. The predicted octanol–water partition coefficient (Wildman–Crippen LogP) is 3.70. The van der Waals surface area contributed by atoms with Crippen molar-refractivity contribution in [3.05, 3.63) is 35.7 Å². The number of benzene rings is 1. The van der Waals surface area contributed by atoms with Gasteiger partial charge in [0.15, 0.2) is 0 Å². The largest absolute Gasteiger partial charge is 0.450 e. The monoisotopic (exact) mass is 325 g/mol. The number of hydrogen-bond donors (Lipinski definition) is 1. The van der Waals surface area contributed by atoms with Crippen LogP contribution in [0, 0.1) is 0 Å². The van der Waals surface area contributed by atoms with Crippen LogP contribution in [0.2, 0.25) is 0 Å². The Morgan fingerprint density at radius 3 is 2.65 bits per heavy atom.